The molecule has 0 radical (unpaired) electrons. The summed E-state index contributed by atoms with van der Waals surface area (Å²) < 4.78 is 7.72. The van der Waals surface area contributed by atoms with Gasteiger partial charge in [-0.1, -0.05) is 11.3 Å². The van der Waals surface area contributed by atoms with Crippen LogP contribution in [-0.2, 0) is 13.1 Å². The van der Waals surface area contributed by atoms with Gasteiger partial charge in [0.15, 0.2) is 0 Å². The number of nitrogens with zero attached hydrogens (tertiary/aromatic N) is 3. The third-order valence-corrected chi connectivity index (χ3v) is 3.47. The summed E-state index contributed by atoms with van der Waals surface area (Å²) >= 11 is 3.36. The van der Waals surface area contributed by atoms with Crippen LogP contribution in [0.5, 0.6) is 5.75 Å². The molecule has 106 valence electrons. The molecule has 1 aromatic heterocycles. The molecule has 2 aromatic rings. The second-order valence-electron chi connectivity index (χ2n) is 4.04. The average Bonchev–Trinajstić information content (AvgIpc) is 2.91. The lowest BCUT2D eigenvalue weighted by molar-refractivity contribution is 0.0946. The van der Waals surface area contributed by atoms with Crippen LogP contribution in [0, 0.1) is 0 Å². The number of hydrogen-bond donors (Lipinski definition) is 1. The van der Waals surface area contributed by atoms with Crippen molar-refractivity contribution in [2.45, 2.75) is 20.0 Å². The Balaban J connectivity index is 2.11. The van der Waals surface area contributed by atoms with Gasteiger partial charge in [-0.05, 0) is 35.0 Å². The highest BCUT2D eigenvalue weighted by atomic mass is 79.9. The predicted octanol–water partition coefficient (Wildman–Crippen LogP) is 2.00. The van der Waals surface area contributed by atoms with Crippen molar-refractivity contribution in [3.05, 3.63) is 40.1 Å². The SMILES string of the molecule is CCn1nncc1CNC(=O)c1cccc(Br)c1OC. The number of halogens is 1. The van der Waals surface area contributed by atoms with Gasteiger partial charge >= 0.3 is 0 Å². The molecule has 0 saturated heterocycles. The number of amides is 1. The lowest BCUT2D eigenvalue weighted by atomic mass is 10.2. The van der Waals surface area contributed by atoms with E-state index >= 15 is 0 Å². The number of methoxy groups -OCH3 is 1. The van der Waals surface area contributed by atoms with E-state index in [2.05, 4.69) is 31.6 Å². The minimum absolute atomic E-state index is 0.202. The fraction of sp³-hybridized carbons (Fsp3) is 0.308. The standard InChI is InChI=1S/C13H15BrN4O2/c1-3-18-9(8-16-17-18)7-15-13(19)10-5-4-6-11(14)12(10)20-2/h4-6,8H,3,7H2,1-2H3,(H,15,19). The van der Waals surface area contributed by atoms with Crippen molar-refractivity contribution in [1.82, 2.24) is 20.3 Å². The Morgan fingerprint density at radius 3 is 3.00 bits per heavy atom. The Labute approximate surface area is 125 Å². The second kappa shape index (κ2) is 6.51. The first-order valence-electron chi connectivity index (χ1n) is 6.15. The van der Waals surface area contributed by atoms with Crippen molar-refractivity contribution in [3.63, 3.8) is 0 Å². The first-order valence-corrected chi connectivity index (χ1v) is 6.94. The van der Waals surface area contributed by atoms with Crippen LogP contribution in [0.4, 0.5) is 0 Å². The molecule has 20 heavy (non-hydrogen) atoms. The van der Waals surface area contributed by atoms with Crippen LogP contribution in [0.2, 0.25) is 0 Å². The number of aromatic nitrogens is 3. The minimum atomic E-state index is -0.202. The highest BCUT2D eigenvalue weighted by molar-refractivity contribution is 9.10. The van der Waals surface area contributed by atoms with Crippen molar-refractivity contribution < 1.29 is 9.53 Å². The molecule has 0 spiro atoms. The molecule has 7 heteroatoms. The Bertz CT molecular complexity index is 612. The van der Waals surface area contributed by atoms with E-state index < -0.39 is 0 Å². The maximum Gasteiger partial charge on any atom is 0.255 e. The zero-order valence-corrected chi connectivity index (χ0v) is 12.8. The molecule has 1 heterocycles. The number of carbonyl (C=O) groups excluding carboxylic acids is 1. The molecule has 0 bridgehead atoms. The van der Waals surface area contributed by atoms with Crippen molar-refractivity contribution in [1.29, 1.82) is 0 Å². The molecule has 0 aliphatic carbocycles. The normalized spacial score (nSPS) is 10.3. The van der Waals surface area contributed by atoms with E-state index in [0.29, 0.717) is 24.4 Å². The van der Waals surface area contributed by atoms with E-state index in [9.17, 15) is 4.79 Å². The molecule has 0 saturated carbocycles. The van der Waals surface area contributed by atoms with Crippen LogP contribution in [0.3, 0.4) is 0 Å². The molecule has 1 N–H and O–H groups in total. The monoisotopic (exact) mass is 338 g/mol. The maximum absolute atomic E-state index is 12.2. The van der Waals surface area contributed by atoms with Gasteiger partial charge in [-0.15, -0.1) is 5.10 Å². The zero-order valence-electron chi connectivity index (χ0n) is 11.3. The lowest BCUT2D eigenvalue weighted by Crippen LogP contribution is -2.24. The van der Waals surface area contributed by atoms with Gasteiger partial charge in [-0.25, -0.2) is 4.68 Å². The molecular formula is C13H15BrN4O2. The van der Waals surface area contributed by atoms with E-state index in [-0.39, 0.29) is 5.91 Å². The van der Waals surface area contributed by atoms with Crippen LogP contribution in [0.1, 0.15) is 23.0 Å². The smallest absolute Gasteiger partial charge is 0.255 e. The van der Waals surface area contributed by atoms with Crippen LogP contribution in [0.15, 0.2) is 28.9 Å². The number of aryl methyl sites for hydroxylation is 1. The molecule has 0 aliphatic heterocycles. The maximum atomic E-state index is 12.2. The molecular weight excluding hydrogens is 324 g/mol. The van der Waals surface area contributed by atoms with Gasteiger partial charge < -0.3 is 10.1 Å². The number of ether oxygens (including phenoxy) is 1. The van der Waals surface area contributed by atoms with Crippen LogP contribution in [-0.4, -0.2) is 28.0 Å². The predicted molar refractivity (Wildman–Crippen MR) is 77.6 cm³/mol. The summed E-state index contributed by atoms with van der Waals surface area (Å²) in [6.45, 7) is 3.05. The van der Waals surface area contributed by atoms with Gasteiger partial charge in [0.2, 0.25) is 0 Å². The first kappa shape index (κ1) is 14.5. The number of nitrogens with one attached hydrogen (secondary N) is 1. The molecule has 0 fully saturated rings. The molecule has 1 aromatic carbocycles. The fourth-order valence-corrected chi connectivity index (χ4v) is 2.37. The molecule has 0 aliphatic rings. The quantitative estimate of drug-likeness (QED) is 0.905. The van der Waals surface area contributed by atoms with Crippen LogP contribution >= 0.6 is 15.9 Å². The lowest BCUT2D eigenvalue weighted by Gasteiger charge is -2.10. The third kappa shape index (κ3) is 2.98. The molecule has 2 rings (SSSR count). The van der Waals surface area contributed by atoms with Crippen molar-refractivity contribution in [3.8, 4) is 5.75 Å². The van der Waals surface area contributed by atoms with Crippen LogP contribution < -0.4 is 10.1 Å². The third-order valence-electron chi connectivity index (χ3n) is 2.84. The minimum Gasteiger partial charge on any atom is -0.495 e. The van der Waals surface area contributed by atoms with Crippen molar-refractivity contribution in [2.24, 2.45) is 0 Å². The number of para-hydroxylation sites is 1. The van der Waals surface area contributed by atoms with E-state index in [0.717, 1.165) is 10.2 Å². The van der Waals surface area contributed by atoms with Gasteiger partial charge in [0.05, 0.1) is 35.6 Å². The van der Waals surface area contributed by atoms with Gasteiger partial charge in [-0.3, -0.25) is 4.79 Å². The van der Waals surface area contributed by atoms with Gasteiger partial charge in [-0.2, -0.15) is 0 Å². The van der Waals surface area contributed by atoms with E-state index in [1.54, 1.807) is 23.0 Å². The molecule has 6 nitrogen and oxygen atoms in total. The number of carbonyl (C=O) groups is 1. The van der Waals surface area contributed by atoms with E-state index in [1.165, 1.54) is 7.11 Å². The van der Waals surface area contributed by atoms with Crippen LogP contribution in [0.25, 0.3) is 0 Å². The highest BCUT2D eigenvalue weighted by Gasteiger charge is 2.15. The fourth-order valence-electron chi connectivity index (χ4n) is 1.84. The molecule has 1 amide bonds. The molecule has 0 unspecified atom stereocenters. The summed E-state index contributed by atoms with van der Waals surface area (Å²) in [5.41, 5.74) is 1.34. The number of hydrogen-bond acceptors (Lipinski definition) is 4. The Hall–Kier alpha value is -1.89. The Morgan fingerprint density at radius 1 is 1.50 bits per heavy atom. The van der Waals surface area contributed by atoms with Gasteiger partial charge in [0.25, 0.3) is 5.91 Å². The van der Waals surface area contributed by atoms with Crippen molar-refractivity contribution >= 4 is 21.8 Å². The van der Waals surface area contributed by atoms with E-state index in [1.807, 2.05) is 13.0 Å². The largest absolute Gasteiger partial charge is 0.495 e. The zero-order chi connectivity index (χ0) is 14.5. The van der Waals surface area contributed by atoms with Gasteiger partial charge in [0.1, 0.15) is 5.75 Å². The summed E-state index contributed by atoms with van der Waals surface area (Å²) in [5, 5.41) is 10.6. The van der Waals surface area contributed by atoms with Gasteiger partial charge in [0, 0.05) is 6.54 Å². The summed E-state index contributed by atoms with van der Waals surface area (Å²) in [5.74, 6) is 0.319. The number of benzene rings is 1. The molecule has 0 atom stereocenters. The van der Waals surface area contributed by atoms with Crippen molar-refractivity contribution in [2.75, 3.05) is 7.11 Å². The Kier molecular flexibility index (Phi) is 4.73. The van der Waals surface area contributed by atoms with E-state index in [4.69, 9.17) is 4.74 Å². The second-order valence-corrected chi connectivity index (χ2v) is 4.90. The number of rotatable bonds is 5. The summed E-state index contributed by atoms with van der Waals surface area (Å²) in [6, 6.07) is 5.33. The highest BCUT2D eigenvalue weighted by Crippen LogP contribution is 2.28. The Morgan fingerprint density at radius 2 is 2.30 bits per heavy atom. The first-order chi connectivity index (χ1) is 9.67. The summed E-state index contributed by atoms with van der Waals surface area (Å²) in [7, 11) is 1.53. The topological polar surface area (TPSA) is 69.0 Å². The average molecular weight is 339 g/mol. The summed E-state index contributed by atoms with van der Waals surface area (Å²) in [4.78, 5) is 12.2. The summed E-state index contributed by atoms with van der Waals surface area (Å²) in [6.07, 6.45) is 1.64.